The Bertz CT molecular complexity index is 709. The summed E-state index contributed by atoms with van der Waals surface area (Å²) in [7, 11) is 0. The molecule has 0 aliphatic carbocycles. The average molecular weight is 297 g/mol. The van der Waals surface area contributed by atoms with Gasteiger partial charge in [0, 0.05) is 5.56 Å². The van der Waals surface area contributed by atoms with Crippen molar-refractivity contribution in [1.29, 1.82) is 5.26 Å². The fourth-order valence-electron chi connectivity index (χ4n) is 2.16. The molecule has 0 heterocycles. The number of halogens is 2. The van der Waals surface area contributed by atoms with Crippen molar-refractivity contribution in [3.05, 3.63) is 65.5 Å². The molecule has 0 aromatic heterocycles. The summed E-state index contributed by atoms with van der Waals surface area (Å²) in [5.74, 6) is -0.777. The molecule has 2 rings (SSSR count). The number of rotatable bonds is 5. The predicted octanol–water partition coefficient (Wildman–Crippen LogP) is 5.86. The lowest BCUT2D eigenvalue weighted by atomic mass is 10.0. The molecule has 0 saturated heterocycles. The summed E-state index contributed by atoms with van der Waals surface area (Å²) in [4.78, 5) is 0. The molecule has 3 heteroatoms. The minimum Gasteiger partial charge on any atom is -0.207 e. The molecule has 0 spiro atoms. The molecule has 2 aromatic rings. The first-order valence-electron chi connectivity index (χ1n) is 7.32. The molecule has 0 bridgehead atoms. The Morgan fingerprint density at radius 3 is 2.41 bits per heavy atom. The quantitative estimate of drug-likeness (QED) is 0.634. The van der Waals surface area contributed by atoms with Crippen molar-refractivity contribution in [2.45, 2.75) is 26.2 Å². The van der Waals surface area contributed by atoms with Crippen molar-refractivity contribution < 1.29 is 8.78 Å². The van der Waals surface area contributed by atoms with Crippen LogP contribution in [0.15, 0.2) is 48.5 Å². The molecule has 112 valence electrons. The highest BCUT2D eigenvalue weighted by atomic mass is 19.1. The zero-order valence-electron chi connectivity index (χ0n) is 12.4. The lowest BCUT2D eigenvalue weighted by molar-refractivity contribution is 0.624. The second kappa shape index (κ2) is 7.51. The van der Waals surface area contributed by atoms with Gasteiger partial charge in [0.15, 0.2) is 0 Å². The molecular formula is C19H17F2N. The number of allylic oxidation sites excluding steroid dienone is 1. The fraction of sp³-hybridized carbons (Fsp3) is 0.211. The van der Waals surface area contributed by atoms with Crippen LogP contribution in [-0.2, 0) is 0 Å². The molecule has 0 aliphatic heterocycles. The third-order valence-electron chi connectivity index (χ3n) is 3.46. The molecule has 2 aromatic carbocycles. The number of hydrogen-bond donors (Lipinski definition) is 0. The van der Waals surface area contributed by atoms with Crippen LogP contribution in [0.25, 0.3) is 17.0 Å². The van der Waals surface area contributed by atoms with E-state index < -0.39 is 5.82 Å². The summed E-state index contributed by atoms with van der Waals surface area (Å²) in [6, 6.07) is 13.1. The summed E-state index contributed by atoms with van der Waals surface area (Å²) in [5.41, 5.74) is 1.99. The zero-order valence-corrected chi connectivity index (χ0v) is 12.4. The second-order valence-electron chi connectivity index (χ2n) is 5.08. The van der Waals surface area contributed by atoms with Crippen molar-refractivity contribution in [2.24, 2.45) is 0 Å². The highest BCUT2D eigenvalue weighted by Crippen LogP contribution is 2.25. The molecule has 0 fully saturated rings. The van der Waals surface area contributed by atoms with Gasteiger partial charge >= 0.3 is 0 Å². The van der Waals surface area contributed by atoms with E-state index in [-0.39, 0.29) is 11.4 Å². The van der Waals surface area contributed by atoms with Crippen molar-refractivity contribution >= 4 is 5.83 Å². The van der Waals surface area contributed by atoms with E-state index in [0.29, 0.717) is 11.1 Å². The lowest BCUT2D eigenvalue weighted by Crippen LogP contribution is -1.86. The van der Waals surface area contributed by atoms with Gasteiger partial charge in [-0.2, -0.15) is 5.26 Å². The Hall–Kier alpha value is -2.47. The smallest absolute Gasteiger partial charge is 0.141 e. The summed E-state index contributed by atoms with van der Waals surface area (Å²) in [6.45, 7) is 2.07. The van der Waals surface area contributed by atoms with Gasteiger partial charge in [0.2, 0.25) is 0 Å². The van der Waals surface area contributed by atoms with E-state index in [1.807, 2.05) is 0 Å². The van der Waals surface area contributed by atoms with Crippen LogP contribution in [0.3, 0.4) is 0 Å². The molecule has 1 nitrogen and oxygen atoms in total. The molecule has 0 aliphatic rings. The van der Waals surface area contributed by atoms with Crippen molar-refractivity contribution in [2.75, 3.05) is 0 Å². The van der Waals surface area contributed by atoms with Gasteiger partial charge in [0.1, 0.15) is 17.7 Å². The van der Waals surface area contributed by atoms with Gasteiger partial charge in [0.05, 0.1) is 5.56 Å². The largest absolute Gasteiger partial charge is 0.207 e. The van der Waals surface area contributed by atoms with Crippen LogP contribution in [0.1, 0.15) is 37.3 Å². The maximum atomic E-state index is 13.9. The number of nitrogens with zero attached hydrogens (tertiary/aromatic N) is 1. The van der Waals surface area contributed by atoms with Gasteiger partial charge in [-0.1, -0.05) is 43.7 Å². The summed E-state index contributed by atoms with van der Waals surface area (Å²) >= 11 is 0. The molecule has 0 radical (unpaired) electrons. The van der Waals surface area contributed by atoms with Crippen molar-refractivity contribution in [1.82, 2.24) is 0 Å². The van der Waals surface area contributed by atoms with E-state index in [4.69, 9.17) is 5.26 Å². The van der Waals surface area contributed by atoms with E-state index >= 15 is 0 Å². The Morgan fingerprint density at radius 2 is 1.82 bits per heavy atom. The van der Waals surface area contributed by atoms with Crippen LogP contribution in [0.5, 0.6) is 0 Å². The minimum absolute atomic E-state index is 0.0188. The highest BCUT2D eigenvalue weighted by Gasteiger charge is 2.06. The van der Waals surface area contributed by atoms with Crippen molar-refractivity contribution in [3.8, 4) is 17.2 Å². The van der Waals surface area contributed by atoms with Crippen LogP contribution < -0.4 is 0 Å². The molecule has 0 N–H and O–H groups in total. The van der Waals surface area contributed by atoms with Gasteiger partial charge < -0.3 is 0 Å². The predicted molar refractivity (Wildman–Crippen MR) is 85.2 cm³/mol. The van der Waals surface area contributed by atoms with Crippen LogP contribution in [-0.4, -0.2) is 0 Å². The van der Waals surface area contributed by atoms with Gasteiger partial charge in [-0.25, -0.2) is 8.78 Å². The van der Waals surface area contributed by atoms with Gasteiger partial charge in [-0.15, -0.1) is 0 Å². The molecule has 22 heavy (non-hydrogen) atoms. The highest BCUT2D eigenvalue weighted by molar-refractivity contribution is 5.68. The van der Waals surface area contributed by atoms with Crippen LogP contribution in [0.2, 0.25) is 0 Å². The number of unbranched alkanes of at least 4 members (excludes halogenated alkanes) is 2. The SMILES string of the molecule is CCCC/C=C(/F)c1ccc(-c2ccc(C#N)c(F)c2)cc1. The van der Waals surface area contributed by atoms with Gasteiger partial charge in [0.25, 0.3) is 0 Å². The minimum atomic E-state index is -0.547. The second-order valence-corrected chi connectivity index (χ2v) is 5.08. The van der Waals surface area contributed by atoms with Crippen molar-refractivity contribution in [3.63, 3.8) is 0 Å². The molecule has 0 amide bonds. The topological polar surface area (TPSA) is 23.8 Å². The number of benzene rings is 2. The van der Waals surface area contributed by atoms with Gasteiger partial charge in [-0.3, -0.25) is 0 Å². The molecule has 0 atom stereocenters. The lowest BCUT2D eigenvalue weighted by Gasteiger charge is -2.04. The number of hydrogen-bond acceptors (Lipinski definition) is 1. The van der Waals surface area contributed by atoms with E-state index in [0.717, 1.165) is 24.8 Å². The first kappa shape index (κ1) is 15.9. The Kier molecular flexibility index (Phi) is 5.43. The summed E-state index contributed by atoms with van der Waals surface area (Å²) in [5, 5.41) is 8.73. The van der Waals surface area contributed by atoms with Crippen LogP contribution >= 0.6 is 0 Å². The monoisotopic (exact) mass is 297 g/mol. The van der Waals surface area contributed by atoms with E-state index in [9.17, 15) is 8.78 Å². The third kappa shape index (κ3) is 3.79. The Balaban J connectivity index is 2.20. The Labute approximate surface area is 129 Å². The standard InChI is InChI=1S/C19H17F2N/c1-2-3-4-5-18(20)15-8-6-14(7-9-15)16-10-11-17(13-22)19(21)12-16/h5-12H,2-4H2,1H3/b18-5+. The maximum Gasteiger partial charge on any atom is 0.141 e. The molecule has 0 saturated carbocycles. The van der Waals surface area contributed by atoms with Crippen LogP contribution in [0.4, 0.5) is 8.78 Å². The Morgan fingerprint density at radius 1 is 1.14 bits per heavy atom. The first-order chi connectivity index (χ1) is 10.7. The zero-order chi connectivity index (χ0) is 15.9. The summed E-state index contributed by atoms with van der Waals surface area (Å²) < 4.78 is 27.5. The third-order valence-corrected chi connectivity index (χ3v) is 3.46. The normalized spacial score (nSPS) is 11.3. The van der Waals surface area contributed by atoms with Gasteiger partial charge in [-0.05, 0) is 42.2 Å². The fourth-order valence-corrected chi connectivity index (χ4v) is 2.16. The average Bonchev–Trinajstić information content (AvgIpc) is 2.55. The summed E-state index contributed by atoms with van der Waals surface area (Å²) in [6.07, 6.45) is 4.33. The van der Waals surface area contributed by atoms with E-state index in [1.54, 1.807) is 42.5 Å². The van der Waals surface area contributed by atoms with E-state index in [1.165, 1.54) is 12.1 Å². The molecule has 0 unspecified atom stereocenters. The maximum absolute atomic E-state index is 13.9. The van der Waals surface area contributed by atoms with Crippen LogP contribution in [0, 0.1) is 17.1 Å². The first-order valence-corrected chi connectivity index (χ1v) is 7.32. The van der Waals surface area contributed by atoms with E-state index in [2.05, 4.69) is 6.92 Å². The molecular weight excluding hydrogens is 280 g/mol. The number of nitriles is 1.